The molecule has 31 heavy (non-hydrogen) atoms. The fraction of sp³-hybridized carbons (Fsp3) is 0.0435. The second-order valence-corrected chi connectivity index (χ2v) is 8.25. The first kappa shape index (κ1) is 20.5. The van der Waals surface area contributed by atoms with Crippen LogP contribution in [-0.2, 0) is 16.6 Å². The Bertz CT molecular complexity index is 1280. The van der Waals surface area contributed by atoms with Crippen molar-refractivity contribution in [2.75, 3.05) is 4.72 Å². The van der Waals surface area contributed by atoms with Gasteiger partial charge in [0.15, 0.2) is 0 Å². The molecule has 4 aromatic rings. The topological polar surface area (TPSA) is 101 Å². The third-order valence-corrected chi connectivity index (χ3v) is 5.76. The van der Waals surface area contributed by atoms with Crippen molar-refractivity contribution in [1.82, 2.24) is 9.97 Å². The number of nitrogens with zero attached hydrogens (tertiary/aromatic N) is 2. The molecule has 1 aromatic heterocycles. The monoisotopic (exact) mass is 433 g/mol. The van der Waals surface area contributed by atoms with E-state index in [1.165, 1.54) is 12.1 Å². The number of rotatable bonds is 7. The van der Waals surface area contributed by atoms with E-state index in [-0.39, 0.29) is 23.3 Å². The van der Waals surface area contributed by atoms with Gasteiger partial charge in [-0.3, -0.25) is 0 Å². The Morgan fingerprint density at radius 2 is 1.48 bits per heavy atom. The first-order valence-electron chi connectivity index (χ1n) is 9.44. The van der Waals surface area contributed by atoms with Crippen molar-refractivity contribution in [3.05, 3.63) is 96.6 Å². The van der Waals surface area contributed by atoms with Crippen molar-refractivity contribution in [2.45, 2.75) is 11.5 Å². The summed E-state index contributed by atoms with van der Waals surface area (Å²) in [6.45, 7) is -0.194. The van der Waals surface area contributed by atoms with Crippen molar-refractivity contribution >= 4 is 16.0 Å². The van der Waals surface area contributed by atoms with Crippen molar-refractivity contribution in [3.8, 4) is 22.9 Å². The van der Waals surface area contributed by atoms with Gasteiger partial charge in [-0.25, -0.2) is 18.1 Å². The van der Waals surface area contributed by atoms with Crippen LogP contribution in [0.3, 0.4) is 0 Å². The van der Waals surface area contributed by atoms with E-state index in [4.69, 9.17) is 4.74 Å². The van der Waals surface area contributed by atoms with Crippen LogP contribution in [0.25, 0.3) is 11.3 Å². The minimum Gasteiger partial charge on any atom is -0.439 e. The highest BCUT2D eigenvalue weighted by atomic mass is 32.2. The van der Waals surface area contributed by atoms with Crippen LogP contribution >= 0.6 is 0 Å². The second-order valence-electron chi connectivity index (χ2n) is 6.56. The van der Waals surface area contributed by atoms with Gasteiger partial charge in [-0.05, 0) is 29.8 Å². The van der Waals surface area contributed by atoms with E-state index < -0.39 is 10.0 Å². The molecule has 0 saturated carbocycles. The van der Waals surface area contributed by atoms with Crippen molar-refractivity contribution in [1.29, 1.82) is 0 Å². The third kappa shape index (κ3) is 4.88. The normalized spacial score (nSPS) is 11.1. The molecule has 0 aliphatic rings. The van der Waals surface area contributed by atoms with Gasteiger partial charge in [0.05, 0.1) is 17.2 Å². The molecule has 0 aliphatic heterocycles. The molecule has 0 spiro atoms. The number of aliphatic hydroxyl groups is 1. The molecule has 2 N–H and O–H groups in total. The molecule has 3 aromatic carbocycles. The van der Waals surface area contributed by atoms with Crippen LogP contribution < -0.4 is 9.46 Å². The molecule has 1 heterocycles. The van der Waals surface area contributed by atoms with Gasteiger partial charge in [0.1, 0.15) is 5.75 Å². The maximum atomic E-state index is 12.8. The molecule has 0 fully saturated rings. The van der Waals surface area contributed by atoms with Gasteiger partial charge < -0.3 is 9.84 Å². The molecule has 0 bridgehead atoms. The standard InChI is InChI=1S/C23H19N3O4S/c27-16-17-9-7-8-14-20(17)21-15-22(30-18-10-3-1-4-11-18)25-23(24-21)26-31(28,29)19-12-5-2-6-13-19/h1-15,27H,16H2,(H,24,25,26). The quantitative estimate of drug-likeness (QED) is 0.452. The lowest BCUT2D eigenvalue weighted by atomic mass is 10.1. The lowest BCUT2D eigenvalue weighted by molar-refractivity contribution is 0.282. The fourth-order valence-electron chi connectivity index (χ4n) is 2.96. The first-order chi connectivity index (χ1) is 15.0. The molecule has 0 radical (unpaired) electrons. The number of anilines is 1. The Kier molecular flexibility index (Phi) is 5.92. The zero-order chi connectivity index (χ0) is 21.7. The van der Waals surface area contributed by atoms with Gasteiger partial charge >= 0.3 is 0 Å². The molecule has 8 heteroatoms. The summed E-state index contributed by atoms with van der Waals surface area (Å²) in [5.41, 5.74) is 1.70. The van der Waals surface area contributed by atoms with Gasteiger partial charge in [-0.2, -0.15) is 4.98 Å². The molecule has 156 valence electrons. The molecule has 0 unspecified atom stereocenters. The summed E-state index contributed by atoms with van der Waals surface area (Å²) in [5, 5.41) is 9.70. The Hall–Kier alpha value is -3.75. The number of benzene rings is 3. The minimum atomic E-state index is -3.90. The van der Waals surface area contributed by atoms with Gasteiger partial charge in [0, 0.05) is 11.6 Å². The second kappa shape index (κ2) is 8.95. The predicted octanol–water partition coefficient (Wildman–Crippen LogP) is 4.23. The molecule has 0 amide bonds. The molecule has 0 aliphatic carbocycles. The van der Waals surface area contributed by atoms with Crippen LogP contribution in [0.4, 0.5) is 5.95 Å². The fourth-order valence-corrected chi connectivity index (χ4v) is 3.92. The van der Waals surface area contributed by atoms with Gasteiger partial charge in [-0.1, -0.05) is 60.7 Å². The molecule has 0 atom stereocenters. The maximum Gasteiger partial charge on any atom is 0.264 e. The summed E-state index contributed by atoms with van der Waals surface area (Å²) in [5.74, 6) is 0.564. The van der Waals surface area contributed by atoms with Gasteiger partial charge in [-0.15, -0.1) is 0 Å². The number of aromatic nitrogens is 2. The average Bonchev–Trinajstić information content (AvgIpc) is 2.80. The summed E-state index contributed by atoms with van der Waals surface area (Å²) < 4.78 is 33.8. The lowest BCUT2D eigenvalue weighted by Gasteiger charge is -2.13. The van der Waals surface area contributed by atoms with Crippen LogP contribution in [0.5, 0.6) is 11.6 Å². The summed E-state index contributed by atoms with van der Waals surface area (Å²) in [6, 6.07) is 25.7. The number of ether oxygens (including phenoxy) is 1. The largest absolute Gasteiger partial charge is 0.439 e. The van der Waals surface area contributed by atoms with Crippen LogP contribution in [0.2, 0.25) is 0 Å². The number of sulfonamides is 1. The zero-order valence-corrected chi connectivity index (χ0v) is 17.2. The highest BCUT2D eigenvalue weighted by Gasteiger charge is 2.18. The average molecular weight is 433 g/mol. The van der Waals surface area contributed by atoms with E-state index >= 15 is 0 Å². The number of hydrogen-bond donors (Lipinski definition) is 2. The lowest BCUT2D eigenvalue weighted by Crippen LogP contribution is -2.15. The van der Waals surface area contributed by atoms with Gasteiger partial charge in [0.25, 0.3) is 10.0 Å². The van der Waals surface area contributed by atoms with Gasteiger partial charge in [0.2, 0.25) is 11.8 Å². The summed E-state index contributed by atoms with van der Waals surface area (Å²) in [7, 11) is -3.90. The summed E-state index contributed by atoms with van der Waals surface area (Å²) in [6.07, 6.45) is 0. The van der Waals surface area contributed by atoms with Crippen molar-refractivity contribution in [2.24, 2.45) is 0 Å². The van der Waals surface area contributed by atoms with E-state index in [9.17, 15) is 13.5 Å². The van der Waals surface area contributed by atoms with Crippen molar-refractivity contribution < 1.29 is 18.3 Å². The smallest absolute Gasteiger partial charge is 0.264 e. The SMILES string of the molecule is O=S(=O)(Nc1nc(Oc2ccccc2)cc(-c2ccccc2CO)n1)c1ccccc1. The highest BCUT2D eigenvalue weighted by Crippen LogP contribution is 2.29. The van der Waals surface area contributed by atoms with Crippen LogP contribution in [-0.4, -0.2) is 23.5 Å². The number of hydrogen-bond acceptors (Lipinski definition) is 6. The Labute approximate surface area is 180 Å². The molecule has 7 nitrogen and oxygen atoms in total. The summed E-state index contributed by atoms with van der Waals surface area (Å²) in [4.78, 5) is 8.69. The van der Waals surface area contributed by atoms with E-state index in [1.807, 2.05) is 24.3 Å². The van der Waals surface area contributed by atoms with E-state index in [2.05, 4.69) is 14.7 Å². The number of aliphatic hydroxyl groups excluding tert-OH is 1. The number of nitrogens with one attached hydrogen (secondary N) is 1. The zero-order valence-electron chi connectivity index (χ0n) is 16.3. The Morgan fingerprint density at radius 1 is 0.839 bits per heavy atom. The minimum absolute atomic E-state index is 0.0882. The molecule has 0 saturated heterocycles. The van der Waals surface area contributed by atoms with E-state index in [1.54, 1.807) is 54.6 Å². The van der Waals surface area contributed by atoms with Crippen molar-refractivity contribution in [3.63, 3.8) is 0 Å². The van der Waals surface area contributed by atoms with E-state index in [0.717, 1.165) is 0 Å². The molecular weight excluding hydrogens is 414 g/mol. The van der Waals surface area contributed by atoms with Crippen LogP contribution in [0, 0.1) is 0 Å². The number of para-hydroxylation sites is 1. The van der Waals surface area contributed by atoms with Crippen LogP contribution in [0.1, 0.15) is 5.56 Å². The Morgan fingerprint density at radius 3 is 2.19 bits per heavy atom. The third-order valence-electron chi connectivity index (χ3n) is 4.41. The highest BCUT2D eigenvalue weighted by molar-refractivity contribution is 7.92. The van der Waals surface area contributed by atoms with E-state index in [0.29, 0.717) is 22.6 Å². The van der Waals surface area contributed by atoms with Crippen LogP contribution in [0.15, 0.2) is 95.9 Å². The summed E-state index contributed by atoms with van der Waals surface area (Å²) >= 11 is 0. The Balaban J connectivity index is 1.78. The maximum absolute atomic E-state index is 12.8. The first-order valence-corrected chi connectivity index (χ1v) is 10.9. The molecular formula is C23H19N3O4S. The predicted molar refractivity (Wildman–Crippen MR) is 117 cm³/mol. The molecule has 4 rings (SSSR count).